The van der Waals surface area contributed by atoms with Crippen molar-refractivity contribution < 1.29 is 8.42 Å². The molecule has 0 amide bonds. The largest absolute Gasteiger partial charge is 0.357 e. The Morgan fingerprint density at radius 1 is 1.32 bits per heavy atom. The number of nitrogens with one attached hydrogen (secondary N) is 2. The first-order valence-corrected chi connectivity index (χ1v) is 12.3. The highest BCUT2D eigenvalue weighted by Gasteiger charge is 2.28. The van der Waals surface area contributed by atoms with Crippen LogP contribution in [-0.2, 0) is 16.4 Å². The molecule has 2 heterocycles. The van der Waals surface area contributed by atoms with E-state index in [9.17, 15) is 8.42 Å². The van der Waals surface area contributed by atoms with Crippen LogP contribution in [0.5, 0.6) is 0 Å². The van der Waals surface area contributed by atoms with Gasteiger partial charge in [-0.15, -0.1) is 24.0 Å². The Morgan fingerprint density at radius 3 is 2.54 bits per heavy atom. The summed E-state index contributed by atoms with van der Waals surface area (Å²) in [6, 6.07) is 2.57. The quantitative estimate of drug-likeness (QED) is 0.315. The van der Waals surface area contributed by atoms with E-state index < -0.39 is 14.6 Å². The molecule has 0 aliphatic carbocycles. The van der Waals surface area contributed by atoms with Crippen molar-refractivity contribution in [2.24, 2.45) is 4.99 Å². The van der Waals surface area contributed by atoms with Gasteiger partial charge >= 0.3 is 0 Å². The molecule has 0 spiro atoms. The number of rotatable bonds is 7. The highest BCUT2D eigenvalue weighted by atomic mass is 127. The summed E-state index contributed by atoms with van der Waals surface area (Å²) in [5.74, 6) is 0.796. The summed E-state index contributed by atoms with van der Waals surface area (Å²) in [4.78, 5) is 6.98. The highest BCUT2D eigenvalue weighted by molar-refractivity contribution is 14.0. The summed E-state index contributed by atoms with van der Waals surface area (Å²) in [7, 11) is -3.14. The Labute approximate surface area is 191 Å². The molecule has 2 N–H and O–H groups in total. The van der Waals surface area contributed by atoms with E-state index in [2.05, 4.69) is 37.4 Å². The maximum atomic E-state index is 12.2. The lowest BCUT2D eigenvalue weighted by molar-refractivity contribution is 0.198. The third-order valence-corrected chi connectivity index (χ3v) is 8.14. The number of guanidine groups is 1. The summed E-state index contributed by atoms with van der Waals surface area (Å²) in [5.41, 5.74) is 1.39. The first-order chi connectivity index (χ1) is 12.7. The summed E-state index contributed by atoms with van der Waals surface area (Å²) in [5, 5.41) is 11.1. The van der Waals surface area contributed by atoms with E-state index in [1.807, 2.05) is 6.92 Å². The number of likely N-dealkylation sites (tertiary alicyclic amines) is 1. The minimum Gasteiger partial charge on any atom is -0.357 e. The van der Waals surface area contributed by atoms with E-state index >= 15 is 0 Å². The highest BCUT2D eigenvalue weighted by Crippen LogP contribution is 2.16. The van der Waals surface area contributed by atoms with E-state index in [1.165, 1.54) is 5.56 Å². The van der Waals surface area contributed by atoms with Gasteiger partial charge in [-0.3, -0.25) is 9.89 Å². The number of halogens is 1. The number of sulfone groups is 1. The molecule has 0 bridgehead atoms. The van der Waals surface area contributed by atoms with Crippen molar-refractivity contribution in [1.82, 2.24) is 15.5 Å². The van der Waals surface area contributed by atoms with Crippen LogP contribution in [0.2, 0.25) is 0 Å². The van der Waals surface area contributed by atoms with Crippen molar-refractivity contribution in [2.75, 3.05) is 31.9 Å². The van der Waals surface area contributed by atoms with Gasteiger partial charge in [-0.1, -0.05) is 0 Å². The van der Waals surface area contributed by atoms with Gasteiger partial charge in [0.25, 0.3) is 0 Å². The third-order valence-electron chi connectivity index (χ3n) is 4.82. The molecule has 1 fully saturated rings. The Morgan fingerprint density at radius 2 is 2.00 bits per heavy atom. The lowest BCUT2D eigenvalue weighted by Gasteiger charge is -2.33. The molecule has 1 aliphatic heterocycles. The van der Waals surface area contributed by atoms with Crippen molar-refractivity contribution in [3.8, 4) is 0 Å². The van der Waals surface area contributed by atoms with Gasteiger partial charge in [0, 0.05) is 32.2 Å². The van der Waals surface area contributed by atoms with E-state index in [0.717, 1.165) is 45.0 Å². The molecule has 1 aromatic heterocycles. The molecule has 162 valence electrons. The van der Waals surface area contributed by atoms with E-state index in [-0.39, 0.29) is 36.3 Å². The van der Waals surface area contributed by atoms with Gasteiger partial charge in [-0.25, -0.2) is 8.42 Å². The zero-order valence-corrected chi connectivity index (χ0v) is 21.4. The first kappa shape index (κ1) is 25.6. The van der Waals surface area contributed by atoms with E-state index in [4.69, 9.17) is 0 Å². The molecule has 0 radical (unpaired) electrons. The normalized spacial score (nSPS) is 17.2. The fourth-order valence-electron chi connectivity index (χ4n) is 2.97. The molecule has 2 rings (SSSR count). The summed E-state index contributed by atoms with van der Waals surface area (Å²) >= 11 is 1.75. The van der Waals surface area contributed by atoms with Crippen LogP contribution in [0.25, 0.3) is 0 Å². The number of hydrogen-bond donors (Lipinski definition) is 2. The molecule has 9 heteroatoms. The average Bonchev–Trinajstić information content (AvgIpc) is 3.08. The van der Waals surface area contributed by atoms with Gasteiger partial charge in [0.2, 0.25) is 0 Å². The first-order valence-electron chi connectivity index (χ1n) is 9.72. The standard InChI is InChI=1S/C19H34N4O2S2.HI/c1-5-20-18(21-9-13-27(24,25)19(2,3)4)22-17-6-10-23(11-7-17)14-16-8-12-26-15-16;/h8,12,15,17H,5-7,9-11,13-14H2,1-4H3,(H2,20,21,22);1H. The van der Waals surface area contributed by atoms with Crippen LogP contribution in [-0.4, -0.2) is 62.0 Å². The van der Waals surface area contributed by atoms with Gasteiger partial charge < -0.3 is 10.6 Å². The Balaban J connectivity index is 0.00000392. The smallest absolute Gasteiger partial charge is 0.191 e. The average molecular weight is 543 g/mol. The number of nitrogens with zero attached hydrogens (tertiary/aromatic N) is 2. The molecule has 6 nitrogen and oxygen atoms in total. The second-order valence-corrected chi connectivity index (χ2v) is 11.7. The minimum absolute atomic E-state index is 0. The molecule has 1 aromatic rings. The predicted molar refractivity (Wildman–Crippen MR) is 131 cm³/mol. The topological polar surface area (TPSA) is 73.8 Å². The van der Waals surface area contributed by atoms with Crippen molar-refractivity contribution in [3.63, 3.8) is 0 Å². The van der Waals surface area contributed by atoms with Crippen LogP contribution >= 0.6 is 35.3 Å². The second-order valence-electron chi connectivity index (χ2n) is 8.02. The molecule has 0 unspecified atom stereocenters. The van der Waals surface area contributed by atoms with Gasteiger partial charge in [0.15, 0.2) is 15.8 Å². The van der Waals surface area contributed by atoms with E-state index in [0.29, 0.717) is 6.04 Å². The Bertz CT molecular complexity index is 692. The Hall–Kier alpha value is -0.390. The number of piperidine rings is 1. The van der Waals surface area contributed by atoms with Gasteiger partial charge in [-0.05, 0) is 62.9 Å². The maximum absolute atomic E-state index is 12.2. The fourth-order valence-corrected chi connectivity index (χ4v) is 4.58. The number of thiophene rings is 1. The molecule has 28 heavy (non-hydrogen) atoms. The van der Waals surface area contributed by atoms with Crippen LogP contribution in [0.4, 0.5) is 0 Å². The predicted octanol–water partition coefficient (Wildman–Crippen LogP) is 3.10. The lowest BCUT2D eigenvalue weighted by atomic mass is 10.0. The number of hydrogen-bond acceptors (Lipinski definition) is 5. The van der Waals surface area contributed by atoms with Crippen LogP contribution in [0, 0.1) is 0 Å². The number of aliphatic imine (C=N–C) groups is 1. The fraction of sp³-hybridized carbons (Fsp3) is 0.737. The lowest BCUT2D eigenvalue weighted by Crippen LogP contribution is -2.48. The zero-order chi connectivity index (χ0) is 19.9. The minimum atomic E-state index is -3.14. The van der Waals surface area contributed by atoms with Gasteiger partial charge in [0.1, 0.15) is 0 Å². The van der Waals surface area contributed by atoms with Gasteiger partial charge in [-0.2, -0.15) is 11.3 Å². The van der Waals surface area contributed by atoms with Crippen molar-refractivity contribution in [1.29, 1.82) is 0 Å². The summed E-state index contributed by atoms with van der Waals surface area (Å²) in [6.45, 7) is 11.4. The van der Waals surface area contributed by atoms with E-state index in [1.54, 1.807) is 32.1 Å². The van der Waals surface area contributed by atoms with Crippen LogP contribution < -0.4 is 10.6 Å². The summed E-state index contributed by atoms with van der Waals surface area (Å²) < 4.78 is 23.7. The molecule has 1 aliphatic rings. The maximum Gasteiger partial charge on any atom is 0.191 e. The molecule has 0 saturated carbocycles. The Kier molecular flexibility index (Phi) is 10.7. The molecule has 0 aromatic carbocycles. The van der Waals surface area contributed by atoms with Crippen LogP contribution in [0.15, 0.2) is 21.8 Å². The monoisotopic (exact) mass is 542 g/mol. The zero-order valence-electron chi connectivity index (χ0n) is 17.4. The van der Waals surface area contributed by atoms with Crippen LogP contribution in [0.1, 0.15) is 46.1 Å². The van der Waals surface area contributed by atoms with Crippen LogP contribution in [0.3, 0.4) is 0 Å². The third kappa shape index (κ3) is 8.16. The molecule has 0 atom stereocenters. The molecular weight excluding hydrogens is 507 g/mol. The van der Waals surface area contributed by atoms with Crippen molar-refractivity contribution in [3.05, 3.63) is 22.4 Å². The van der Waals surface area contributed by atoms with Crippen molar-refractivity contribution in [2.45, 2.75) is 57.9 Å². The second kappa shape index (κ2) is 11.7. The van der Waals surface area contributed by atoms with Gasteiger partial charge in [0.05, 0.1) is 17.0 Å². The van der Waals surface area contributed by atoms with Crippen molar-refractivity contribution >= 4 is 51.1 Å². The molecule has 1 saturated heterocycles. The SMILES string of the molecule is CCNC(=NCCS(=O)(=O)C(C)(C)C)NC1CCN(Cc2ccsc2)CC1.I. The molecular formula is C19H35IN4O2S2. The summed E-state index contributed by atoms with van der Waals surface area (Å²) in [6.07, 6.45) is 2.13.